The van der Waals surface area contributed by atoms with Crippen molar-refractivity contribution in [3.05, 3.63) is 89.5 Å². The van der Waals surface area contributed by atoms with Gasteiger partial charge in [-0.05, 0) is 92.1 Å². The quantitative estimate of drug-likeness (QED) is 0.244. The normalized spacial score (nSPS) is 15.6. The zero-order chi connectivity index (χ0) is 32.5. The number of carbonyl (C=O) groups excluding carboxylic acids is 4. The third-order valence-corrected chi connectivity index (χ3v) is 8.72. The number of unbranched alkanes of at least 4 members (excludes halogenated alkanes) is 2. The van der Waals surface area contributed by atoms with Crippen LogP contribution in [0.1, 0.15) is 66.4 Å². The first-order valence-corrected chi connectivity index (χ1v) is 16.1. The van der Waals surface area contributed by atoms with Crippen LogP contribution in [0.4, 0.5) is 5.69 Å². The van der Waals surface area contributed by atoms with Gasteiger partial charge in [0.2, 0.25) is 17.7 Å². The molecule has 4 N–H and O–H groups in total. The van der Waals surface area contributed by atoms with Gasteiger partial charge in [-0.1, -0.05) is 30.3 Å². The molecule has 3 aromatic rings. The number of phenolic OH excluding ortho intramolecular Hbond substituents is 1. The summed E-state index contributed by atoms with van der Waals surface area (Å²) in [7, 11) is 0. The van der Waals surface area contributed by atoms with E-state index >= 15 is 0 Å². The first kappa shape index (κ1) is 32.5. The van der Waals surface area contributed by atoms with E-state index in [2.05, 4.69) is 11.4 Å². The molecule has 1 saturated heterocycles. The monoisotopic (exact) mass is 626 g/mol. The summed E-state index contributed by atoms with van der Waals surface area (Å²) in [5.74, 6) is 0.106. The summed E-state index contributed by atoms with van der Waals surface area (Å²) in [4.78, 5) is 54.0. The third kappa shape index (κ3) is 8.44. The molecule has 10 nitrogen and oxygen atoms in total. The van der Waals surface area contributed by atoms with Gasteiger partial charge in [-0.2, -0.15) is 0 Å². The van der Waals surface area contributed by atoms with Gasteiger partial charge >= 0.3 is 0 Å². The Balaban J connectivity index is 0.988. The molecule has 0 radical (unpaired) electrons. The second kappa shape index (κ2) is 15.4. The summed E-state index contributed by atoms with van der Waals surface area (Å²) < 4.78 is 5.84. The fourth-order valence-electron chi connectivity index (χ4n) is 6.17. The lowest BCUT2D eigenvalue weighted by molar-refractivity contribution is -0.127. The summed E-state index contributed by atoms with van der Waals surface area (Å²) in [6.07, 6.45) is 5.51. The van der Waals surface area contributed by atoms with Crippen LogP contribution < -0.4 is 20.7 Å². The number of anilines is 1. The van der Waals surface area contributed by atoms with Gasteiger partial charge in [-0.3, -0.25) is 19.2 Å². The van der Waals surface area contributed by atoms with E-state index in [4.69, 9.17) is 10.5 Å². The standard InChI is InChI=1S/C36H42N4O6/c37-35(44)31(24-25-9-14-29(41)15-10-25)38-33(42)8-2-1-5-23-46-30-16-11-27(12-17-30)36(45)39-21-19-28(20-22-39)40-32-7-4-3-6-26(32)13-18-34(40)43/h3-4,6-7,9-12,14-17,28,31,41H,1-2,5,8,13,18-24H2,(H2,37,44)(H,38,42)/t31-/m0/s1. The highest BCUT2D eigenvalue weighted by Crippen LogP contribution is 2.32. The maximum absolute atomic E-state index is 13.2. The minimum atomic E-state index is -0.814. The van der Waals surface area contributed by atoms with Crippen molar-refractivity contribution in [1.29, 1.82) is 0 Å². The number of aromatic hydroxyl groups is 1. The minimum absolute atomic E-state index is 0.0183. The number of likely N-dealkylation sites (tertiary alicyclic amines) is 1. The zero-order valence-electron chi connectivity index (χ0n) is 26.0. The number of rotatable bonds is 13. The van der Waals surface area contributed by atoms with Crippen LogP contribution in [-0.2, 0) is 27.2 Å². The number of carbonyl (C=O) groups is 4. The largest absolute Gasteiger partial charge is 0.508 e. The summed E-state index contributed by atoms with van der Waals surface area (Å²) in [6, 6.07) is 21.0. The second-order valence-corrected chi connectivity index (χ2v) is 12.0. The molecular formula is C36H42N4O6. The van der Waals surface area contributed by atoms with E-state index in [0.717, 1.165) is 43.4 Å². The molecule has 1 atom stereocenters. The van der Waals surface area contributed by atoms with Crippen LogP contribution >= 0.6 is 0 Å². The molecule has 0 spiro atoms. The van der Waals surface area contributed by atoms with Crippen LogP contribution in [0.15, 0.2) is 72.8 Å². The summed E-state index contributed by atoms with van der Waals surface area (Å²) in [5.41, 5.74) is 9.09. The number of amides is 4. The Hall–Kier alpha value is -4.86. The molecule has 46 heavy (non-hydrogen) atoms. The maximum atomic E-state index is 13.2. The van der Waals surface area contributed by atoms with Crippen LogP contribution in [0.2, 0.25) is 0 Å². The smallest absolute Gasteiger partial charge is 0.253 e. The summed E-state index contributed by atoms with van der Waals surface area (Å²) in [5, 5.41) is 12.1. The Morgan fingerprint density at radius 2 is 1.63 bits per heavy atom. The maximum Gasteiger partial charge on any atom is 0.253 e. The van der Waals surface area contributed by atoms with Gasteiger partial charge in [0, 0.05) is 49.6 Å². The van der Waals surface area contributed by atoms with Crippen LogP contribution in [-0.4, -0.2) is 65.4 Å². The number of nitrogens with two attached hydrogens (primary N) is 1. The van der Waals surface area contributed by atoms with Crippen molar-refractivity contribution in [1.82, 2.24) is 10.2 Å². The van der Waals surface area contributed by atoms with E-state index in [0.29, 0.717) is 43.9 Å². The molecule has 5 rings (SSSR count). The van der Waals surface area contributed by atoms with Crippen LogP contribution in [0.5, 0.6) is 11.5 Å². The molecule has 0 unspecified atom stereocenters. The van der Waals surface area contributed by atoms with Crippen molar-refractivity contribution in [3.63, 3.8) is 0 Å². The lowest BCUT2D eigenvalue weighted by Gasteiger charge is -2.41. The SMILES string of the molecule is NC(=O)[C@H](Cc1ccc(O)cc1)NC(=O)CCCCCOc1ccc(C(=O)N2CCC(N3C(=O)CCc4ccccc43)CC2)cc1. The summed E-state index contributed by atoms with van der Waals surface area (Å²) in [6.45, 7) is 1.69. The van der Waals surface area contributed by atoms with E-state index in [1.165, 1.54) is 17.7 Å². The number of fused-ring (bicyclic) bond motifs is 1. The number of aryl methyl sites for hydroxylation is 1. The molecule has 10 heteroatoms. The molecule has 4 amide bonds. The Morgan fingerprint density at radius 1 is 0.913 bits per heavy atom. The molecule has 2 aliphatic rings. The fourth-order valence-corrected chi connectivity index (χ4v) is 6.17. The molecule has 2 aliphatic heterocycles. The highest BCUT2D eigenvalue weighted by molar-refractivity contribution is 5.97. The number of phenols is 1. The zero-order valence-corrected chi connectivity index (χ0v) is 26.0. The Labute approximate surface area is 269 Å². The number of nitrogens with one attached hydrogen (secondary N) is 1. The first-order chi connectivity index (χ1) is 22.3. The van der Waals surface area contributed by atoms with Gasteiger partial charge in [-0.25, -0.2) is 0 Å². The van der Waals surface area contributed by atoms with Gasteiger partial charge in [0.05, 0.1) is 6.61 Å². The average Bonchev–Trinajstić information content (AvgIpc) is 3.07. The lowest BCUT2D eigenvalue weighted by Crippen LogP contribution is -2.50. The molecule has 3 aromatic carbocycles. The predicted molar refractivity (Wildman–Crippen MR) is 175 cm³/mol. The third-order valence-electron chi connectivity index (χ3n) is 8.72. The molecule has 1 fully saturated rings. The minimum Gasteiger partial charge on any atom is -0.508 e. The fraction of sp³-hybridized carbons (Fsp3) is 0.389. The molecule has 0 aliphatic carbocycles. The molecule has 2 heterocycles. The number of hydrogen-bond donors (Lipinski definition) is 3. The van der Waals surface area contributed by atoms with E-state index < -0.39 is 11.9 Å². The second-order valence-electron chi connectivity index (χ2n) is 12.0. The van der Waals surface area contributed by atoms with E-state index in [1.54, 1.807) is 36.4 Å². The van der Waals surface area contributed by atoms with Gasteiger partial charge in [0.1, 0.15) is 17.5 Å². The van der Waals surface area contributed by atoms with Gasteiger partial charge in [0.25, 0.3) is 5.91 Å². The number of nitrogens with zero attached hydrogens (tertiary/aromatic N) is 2. The van der Waals surface area contributed by atoms with Crippen molar-refractivity contribution in [2.45, 2.75) is 69.9 Å². The number of ether oxygens (including phenoxy) is 1. The average molecular weight is 627 g/mol. The molecular weight excluding hydrogens is 584 g/mol. The molecule has 0 saturated carbocycles. The summed E-state index contributed by atoms with van der Waals surface area (Å²) >= 11 is 0. The highest BCUT2D eigenvalue weighted by Gasteiger charge is 2.33. The first-order valence-electron chi connectivity index (χ1n) is 16.1. The number of para-hydroxylation sites is 1. The molecule has 0 aromatic heterocycles. The van der Waals surface area contributed by atoms with Gasteiger partial charge in [-0.15, -0.1) is 0 Å². The van der Waals surface area contributed by atoms with Crippen molar-refractivity contribution >= 4 is 29.3 Å². The number of benzene rings is 3. The molecule has 0 bridgehead atoms. The van der Waals surface area contributed by atoms with Crippen LogP contribution in [0.3, 0.4) is 0 Å². The Morgan fingerprint density at radius 3 is 2.35 bits per heavy atom. The number of piperidine rings is 1. The van der Waals surface area contributed by atoms with Gasteiger partial charge in [0.15, 0.2) is 0 Å². The van der Waals surface area contributed by atoms with Crippen molar-refractivity contribution in [2.75, 3.05) is 24.6 Å². The van der Waals surface area contributed by atoms with E-state index in [9.17, 15) is 24.3 Å². The Kier molecular flexibility index (Phi) is 10.9. The van der Waals surface area contributed by atoms with Crippen molar-refractivity contribution < 1.29 is 29.0 Å². The van der Waals surface area contributed by atoms with E-state index in [1.807, 2.05) is 28.0 Å². The highest BCUT2D eigenvalue weighted by atomic mass is 16.5. The van der Waals surface area contributed by atoms with Crippen LogP contribution in [0.25, 0.3) is 0 Å². The predicted octanol–water partition coefficient (Wildman–Crippen LogP) is 4.13. The van der Waals surface area contributed by atoms with Crippen molar-refractivity contribution in [2.24, 2.45) is 5.73 Å². The topological polar surface area (TPSA) is 142 Å². The molecule has 242 valence electrons. The van der Waals surface area contributed by atoms with Crippen molar-refractivity contribution in [3.8, 4) is 11.5 Å². The lowest BCUT2D eigenvalue weighted by atomic mass is 9.95. The Bertz CT molecular complexity index is 1520. The van der Waals surface area contributed by atoms with E-state index in [-0.39, 0.29) is 42.4 Å². The van der Waals surface area contributed by atoms with Crippen LogP contribution in [0, 0.1) is 0 Å². The number of hydrogen-bond acceptors (Lipinski definition) is 6. The van der Waals surface area contributed by atoms with Gasteiger partial charge < -0.3 is 30.7 Å². The number of primary amides is 1.